The van der Waals surface area contributed by atoms with Crippen molar-refractivity contribution in [2.45, 2.75) is 19.3 Å². The standard InChI is InChI=1S/C19H21NO2/c21-18-9-5-4-8-17(18)19(22)20-12-10-16(11-13-20)14-15-6-2-1-3-7-15/h1-9,16,21H,10-14H2. The van der Waals surface area contributed by atoms with Gasteiger partial charge < -0.3 is 10.0 Å². The fourth-order valence-corrected chi connectivity index (χ4v) is 3.11. The number of hydrogen-bond acceptors (Lipinski definition) is 2. The van der Waals surface area contributed by atoms with E-state index in [1.807, 2.05) is 11.0 Å². The molecule has 0 aromatic heterocycles. The third-order valence-corrected chi connectivity index (χ3v) is 4.40. The first-order chi connectivity index (χ1) is 10.7. The Bertz CT molecular complexity index is 631. The van der Waals surface area contributed by atoms with Crippen LogP contribution in [0.15, 0.2) is 54.6 Å². The van der Waals surface area contributed by atoms with Crippen molar-refractivity contribution in [1.29, 1.82) is 0 Å². The highest BCUT2D eigenvalue weighted by Gasteiger charge is 2.24. The number of phenolic OH excluding ortho intramolecular Hbond substituents is 1. The van der Waals surface area contributed by atoms with Crippen LogP contribution in [0.3, 0.4) is 0 Å². The molecule has 2 aromatic rings. The fraction of sp³-hybridized carbons (Fsp3) is 0.316. The van der Waals surface area contributed by atoms with E-state index in [9.17, 15) is 9.90 Å². The average molecular weight is 295 g/mol. The van der Waals surface area contributed by atoms with Gasteiger partial charge in [-0.25, -0.2) is 0 Å². The first kappa shape index (κ1) is 14.6. The molecule has 0 radical (unpaired) electrons. The molecule has 1 aliphatic heterocycles. The van der Waals surface area contributed by atoms with Crippen molar-refractivity contribution in [3.8, 4) is 5.75 Å². The summed E-state index contributed by atoms with van der Waals surface area (Å²) in [6.07, 6.45) is 3.13. The zero-order valence-corrected chi connectivity index (χ0v) is 12.6. The highest BCUT2D eigenvalue weighted by Crippen LogP contribution is 2.25. The number of phenols is 1. The maximum Gasteiger partial charge on any atom is 0.257 e. The lowest BCUT2D eigenvalue weighted by atomic mass is 9.90. The highest BCUT2D eigenvalue weighted by atomic mass is 16.3. The van der Waals surface area contributed by atoms with Gasteiger partial charge in [0.05, 0.1) is 5.56 Å². The molecule has 0 aliphatic carbocycles. The van der Waals surface area contributed by atoms with Gasteiger partial charge in [-0.2, -0.15) is 0 Å². The van der Waals surface area contributed by atoms with E-state index >= 15 is 0 Å². The second-order valence-electron chi connectivity index (χ2n) is 5.94. The van der Waals surface area contributed by atoms with Gasteiger partial charge in [-0.05, 0) is 42.9 Å². The quantitative estimate of drug-likeness (QED) is 0.941. The Kier molecular flexibility index (Phi) is 4.42. The minimum absolute atomic E-state index is 0.0590. The van der Waals surface area contributed by atoms with E-state index in [0.29, 0.717) is 11.5 Å². The van der Waals surface area contributed by atoms with Crippen LogP contribution >= 0.6 is 0 Å². The van der Waals surface area contributed by atoms with Crippen molar-refractivity contribution in [3.63, 3.8) is 0 Å². The number of para-hydroxylation sites is 1. The van der Waals surface area contributed by atoms with Gasteiger partial charge in [0.2, 0.25) is 0 Å². The van der Waals surface area contributed by atoms with Gasteiger partial charge in [0, 0.05) is 13.1 Å². The van der Waals surface area contributed by atoms with Crippen molar-refractivity contribution in [1.82, 2.24) is 4.90 Å². The minimum Gasteiger partial charge on any atom is -0.507 e. The van der Waals surface area contributed by atoms with Crippen LogP contribution in [0.25, 0.3) is 0 Å². The van der Waals surface area contributed by atoms with Crippen LogP contribution in [-0.4, -0.2) is 29.0 Å². The molecule has 0 unspecified atom stereocenters. The van der Waals surface area contributed by atoms with Crippen molar-refractivity contribution >= 4 is 5.91 Å². The molecule has 1 fully saturated rings. The van der Waals surface area contributed by atoms with Crippen LogP contribution < -0.4 is 0 Å². The Morgan fingerprint density at radius 1 is 1.00 bits per heavy atom. The number of carbonyl (C=O) groups excluding carboxylic acids is 1. The van der Waals surface area contributed by atoms with Crippen LogP contribution in [0.4, 0.5) is 0 Å². The smallest absolute Gasteiger partial charge is 0.257 e. The highest BCUT2D eigenvalue weighted by molar-refractivity contribution is 5.96. The summed E-state index contributed by atoms with van der Waals surface area (Å²) in [5.41, 5.74) is 1.77. The molecule has 3 nitrogen and oxygen atoms in total. The molecule has 1 N–H and O–H groups in total. The Hall–Kier alpha value is -2.29. The van der Waals surface area contributed by atoms with E-state index in [2.05, 4.69) is 24.3 Å². The van der Waals surface area contributed by atoms with E-state index in [1.54, 1.807) is 24.3 Å². The van der Waals surface area contributed by atoms with Gasteiger partial charge >= 0.3 is 0 Å². The number of nitrogens with zero attached hydrogens (tertiary/aromatic N) is 1. The van der Waals surface area contributed by atoms with E-state index in [4.69, 9.17) is 0 Å². The average Bonchev–Trinajstić information content (AvgIpc) is 2.56. The molecule has 3 heteroatoms. The zero-order valence-electron chi connectivity index (χ0n) is 12.6. The maximum atomic E-state index is 12.5. The number of piperidine rings is 1. The van der Waals surface area contributed by atoms with E-state index < -0.39 is 0 Å². The molecule has 114 valence electrons. The maximum absolute atomic E-state index is 12.5. The predicted octanol–water partition coefficient (Wildman–Crippen LogP) is 3.49. The largest absolute Gasteiger partial charge is 0.507 e. The van der Waals surface area contributed by atoms with Gasteiger partial charge in [0.1, 0.15) is 5.75 Å². The number of aromatic hydroxyl groups is 1. The topological polar surface area (TPSA) is 40.5 Å². The Morgan fingerprint density at radius 2 is 1.64 bits per heavy atom. The number of benzene rings is 2. The van der Waals surface area contributed by atoms with Crippen molar-refractivity contribution < 1.29 is 9.90 Å². The molecular weight excluding hydrogens is 274 g/mol. The third kappa shape index (κ3) is 3.30. The summed E-state index contributed by atoms with van der Waals surface area (Å²) in [4.78, 5) is 14.3. The van der Waals surface area contributed by atoms with Gasteiger partial charge in [0.15, 0.2) is 0 Å². The first-order valence-corrected chi connectivity index (χ1v) is 7.85. The molecule has 1 amide bonds. The van der Waals surface area contributed by atoms with Gasteiger partial charge in [0.25, 0.3) is 5.91 Å². The van der Waals surface area contributed by atoms with E-state index in [0.717, 1.165) is 32.4 Å². The zero-order chi connectivity index (χ0) is 15.4. The molecule has 0 atom stereocenters. The van der Waals surface area contributed by atoms with Gasteiger partial charge in [-0.1, -0.05) is 42.5 Å². The number of carbonyl (C=O) groups is 1. The van der Waals surface area contributed by atoms with Gasteiger partial charge in [-0.3, -0.25) is 4.79 Å². The third-order valence-electron chi connectivity index (χ3n) is 4.40. The number of hydrogen-bond donors (Lipinski definition) is 1. The van der Waals surface area contributed by atoms with Crippen LogP contribution in [-0.2, 0) is 6.42 Å². The normalized spacial score (nSPS) is 15.7. The van der Waals surface area contributed by atoms with E-state index in [1.165, 1.54) is 5.56 Å². The first-order valence-electron chi connectivity index (χ1n) is 7.85. The van der Waals surface area contributed by atoms with Crippen LogP contribution in [0.5, 0.6) is 5.75 Å². The summed E-state index contributed by atoms with van der Waals surface area (Å²) < 4.78 is 0. The van der Waals surface area contributed by atoms with Gasteiger partial charge in [-0.15, -0.1) is 0 Å². The molecule has 3 rings (SSSR count). The van der Waals surface area contributed by atoms with Crippen LogP contribution in [0.1, 0.15) is 28.8 Å². The summed E-state index contributed by atoms with van der Waals surface area (Å²) >= 11 is 0. The Labute approximate surface area is 131 Å². The molecule has 0 spiro atoms. The monoisotopic (exact) mass is 295 g/mol. The summed E-state index contributed by atoms with van der Waals surface area (Å²) in [7, 11) is 0. The molecule has 22 heavy (non-hydrogen) atoms. The lowest BCUT2D eigenvalue weighted by Crippen LogP contribution is -2.38. The molecule has 0 bridgehead atoms. The summed E-state index contributed by atoms with van der Waals surface area (Å²) in [6.45, 7) is 1.54. The molecule has 1 saturated heterocycles. The lowest BCUT2D eigenvalue weighted by molar-refractivity contribution is 0.0687. The van der Waals surface area contributed by atoms with Crippen molar-refractivity contribution in [2.75, 3.05) is 13.1 Å². The fourth-order valence-electron chi connectivity index (χ4n) is 3.11. The minimum atomic E-state index is -0.0590. The number of amides is 1. The Balaban J connectivity index is 1.58. The van der Waals surface area contributed by atoms with Crippen molar-refractivity contribution in [2.24, 2.45) is 5.92 Å². The molecule has 0 saturated carbocycles. The molecule has 1 heterocycles. The molecule has 1 aliphatic rings. The Morgan fingerprint density at radius 3 is 2.32 bits per heavy atom. The summed E-state index contributed by atoms with van der Waals surface area (Å²) in [5.74, 6) is 0.644. The number of likely N-dealkylation sites (tertiary alicyclic amines) is 1. The van der Waals surface area contributed by atoms with Crippen LogP contribution in [0.2, 0.25) is 0 Å². The van der Waals surface area contributed by atoms with E-state index in [-0.39, 0.29) is 11.7 Å². The summed E-state index contributed by atoms with van der Waals surface area (Å²) in [6, 6.07) is 17.3. The SMILES string of the molecule is O=C(c1ccccc1O)N1CCC(Cc2ccccc2)CC1. The lowest BCUT2D eigenvalue weighted by Gasteiger charge is -2.32. The number of rotatable bonds is 3. The summed E-state index contributed by atoms with van der Waals surface area (Å²) in [5, 5.41) is 9.81. The second kappa shape index (κ2) is 6.65. The van der Waals surface area contributed by atoms with Crippen molar-refractivity contribution in [3.05, 3.63) is 65.7 Å². The predicted molar refractivity (Wildman–Crippen MR) is 86.9 cm³/mol. The second-order valence-corrected chi connectivity index (χ2v) is 5.94. The van der Waals surface area contributed by atoms with Crippen LogP contribution in [0, 0.1) is 5.92 Å². The molecular formula is C19H21NO2. The molecule has 2 aromatic carbocycles.